The number of nitrogens with zero attached hydrogens (tertiary/aromatic N) is 2. The maximum absolute atomic E-state index is 5.79. The molecule has 1 heterocycles. The normalized spacial score (nSPS) is 18.3. The lowest BCUT2D eigenvalue weighted by atomic mass is 9.86. The quantitative estimate of drug-likeness (QED) is 0.873. The van der Waals surface area contributed by atoms with E-state index in [0.29, 0.717) is 12.5 Å². The summed E-state index contributed by atoms with van der Waals surface area (Å²) in [5.41, 5.74) is 6.89. The molecule has 0 atom stereocenters. The van der Waals surface area contributed by atoms with Crippen LogP contribution >= 0.6 is 0 Å². The second kappa shape index (κ2) is 5.13. The molecule has 0 saturated heterocycles. The van der Waals surface area contributed by atoms with Crippen molar-refractivity contribution in [1.82, 2.24) is 9.97 Å². The highest BCUT2D eigenvalue weighted by molar-refractivity contribution is 5.14. The van der Waals surface area contributed by atoms with Crippen LogP contribution in [0.2, 0.25) is 0 Å². The predicted molar refractivity (Wildman–Crippen MR) is 69.9 cm³/mol. The van der Waals surface area contributed by atoms with Crippen LogP contribution < -0.4 is 5.73 Å². The Balaban J connectivity index is 2.21. The van der Waals surface area contributed by atoms with Crippen LogP contribution in [0, 0.1) is 0 Å². The van der Waals surface area contributed by atoms with Crippen molar-refractivity contribution in [3.8, 4) is 0 Å². The average Bonchev–Trinajstić information content (AvgIpc) is 2.40. The molecule has 0 aromatic carbocycles. The van der Waals surface area contributed by atoms with Crippen molar-refractivity contribution in [2.24, 2.45) is 5.73 Å². The molecule has 0 bridgehead atoms. The molecule has 0 spiro atoms. The Morgan fingerprint density at radius 2 is 2.00 bits per heavy atom. The monoisotopic (exact) mass is 233 g/mol. The smallest absolute Gasteiger partial charge is 0.135 e. The molecule has 1 aromatic heterocycles. The first-order chi connectivity index (χ1) is 8.13. The fourth-order valence-electron chi connectivity index (χ4n) is 2.42. The van der Waals surface area contributed by atoms with E-state index in [-0.39, 0.29) is 5.41 Å². The van der Waals surface area contributed by atoms with Crippen LogP contribution in [0.3, 0.4) is 0 Å². The van der Waals surface area contributed by atoms with E-state index in [9.17, 15) is 0 Å². The number of hydrogen-bond acceptors (Lipinski definition) is 3. The van der Waals surface area contributed by atoms with Gasteiger partial charge in [0, 0.05) is 29.8 Å². The van der Waals surface area contributed by atoms with Crippen LogP contribution in [0.5, 0.6) is 0 Å². The van der Waals surface area contributed by atoms with Crippen LogP contribution in [0.4, 0.5) is 0 Å². The van der Waals surface area contributed by atoms with E-state index in [4.69, 9.17) is 10.7 Å². The molecular formula is C14H23N3. The molecule has 0 unspecified atom stereocenters. The zero-order valence-electron chi connectivity index (χ0n) is 10.9. The highest BCUT2D eigenvalue weighted by Crippen LogP contribution is 2.32. The third kappa shape index (κ3) is 2.83. The van der Waals surface area contributed by atoms with Gasteiger partial charge in [0.1, 0.15) is 5.82 Å². The van der Waals surface area contributed by atoms with E-state index in [1.165, 1.54) is 37.8 Å². The SMILES string of the molecule is CC(C)(CN)c1nccc(C2CCCCC2)n1. The van der Waals surface area contributed by atoms with E-state index < -0.39 is 0 Å². The fraction of sp³-hybridized carbons (Fsp3) is 0.714. The molecule has 1 aliphatic rings. The number of aromatic nitrogens is 2. The molecule has 0 amide bonds. The van der Waals surface area contributed by atoms with Crippen molar-refractivity contribution in [1.29, 1.82) is 0 Å². The highest BCUT2D eigenvalue weighted by atomic mass is 14.9. The lowest BCUT2D eigenvalue weighted by molar-refractivity contribution is 0.429. The Hall–Kier alpha value is -0.960. The molecule has 3 heteroatoms. The first kappa shape index (κ1) is 12.5. The third-order valence-electron chi connectivity index (χ3n) is 3.82. The molecule has 1 aliphatic carbocycles. The van der Waals surface area contributed by atoms with Gasteiger partial charge in [-0.15, -0.1) is 0 Å². The molecule has 3 nitrogen and oxygen atoms in total. The van der Waals surface area contributed by atoms with Gasteiger partial charge in [-0.05, 0) is 18.9 Å². The molecule has 1 aromatic rings. The summed E-state index contributed by atoms with van der Waals surface area (Å²) >= 11 is 0. The van der Waals surface area contributed by atoms with E-state index in [0.717, 1.165) is 5.82 Å². The van der Waals surface area contributed by atoms with Gasteiger partial charge in [-0.25, -0.2) is 9.97 Å². The number of rotatable bonds is 3. The standard InChI is InChI=1S/C14H23N3/c1-14(2,10-15)13-16-9-8-12(17-13)11-6-4-3-5-7-11/h8-9,11H,3-7,10,15H2,1-2H3. The van der Waals surface area contributed by atoms with Gasteiger partial charge in [-0.3, -0.25) is 0 Å². The van der Waals surface area contributed by atoms with Gasteiger partial charge in [0.2, 0.25) is 0 Å². The second-order valence-electron chi connectivity index (χ2n) is 5.73. The van der Waals surface area contributed by atoms with E-state index >= 15 is 0 Å². The van der Waals surface area contributed by atoms with Gasteiger partial charge in [0.15, 0.2) is 0 Å². The van der Waals surface area contributed by atoms with Crippen LogP contribution in [0.15, 0.2) is 12.3 Å². The lowest BCUT2D eigenvalue weighted by Gasteiger charge is -2.24. The first-order valence-electron chi connectivity index (χ1n) is 6.67. The molecular weight excluding hydrogens is 210 g/mol. The molecule has 94 valence electrons. The summed E-state index contributed by atoms with van der Waals surface area (Å²) in [7, 11) is 0. The van der Waals surface area contributed by atoms with Gasteiger partial charge in [-0.2, -0.15) is 0 Å². The average molecular weight is 233 g/mol. The number of hydrogen-bond donors (Lipinski definition) is 1. The topological polar surface area (TPSA) is 51.8 Å². The van der Waals surface area contributed by atoms with E-state index in [2.05, 4.69) is 24.9 Å². The molecule has 2 N–H and O–H groups in total. The molecule has 17 heavy (non-hydrogen) atoms. The molecule has 1 fully saturated rings. The van der Waals surface area contributed by atoms with Crippen molar-refractivity contribution in [2.45, 2.75) is 57.3 Å². The van der Waals surface area contributed by atoms with Crippen molar-refractivity contribution < 1.29 is 0 Å². The van der Waals surface area contributed by atoms with E-state index in [1.54, 1.807) is 0 Å². The minimum absolute atomic E-state index is 0.120. The fourth-order valence-corrected chi connectivity index (χ4v) is 2.42. The summed E-state index contributed by atoms with van der Waals surface area (Å²) in [6.07, 6.45) is 8.50. The molecule has 1 saturated carbocycles. The zero-order chi connectivity index (χ0) is 12.3. The summed E-state index contributed by atoms with van der Waals surface area (Å²) < 4.78 is 0. The van der Waals surface area contributed by atoms with Gasteiger partial charge in [0.05, 0.1) is 0 Å². The summed E-state index contributed by atoms with van der Waals surface area (Å²) in [6.45, 7) is 4.79. The Labute approximate surface area is 104 Å². The Kier molecular flexibility index (Phi) is 3.77. The second-order valence-corrected chi connectivity index (χ2v) is 5.73. The van der Waals surface area contributed by atoms with Gasteiger partial charge >= 0.3 is 0 Å². The zero-order valence-corrected chi connectivity index (χ0v) is 10.9. The van der Waals surface area contributed by atoms with Gasteiger partial charge in [0.25, 0.3) is 0 Å². The summed E-state index contributed by atoms with van der Waals surface area (Å²) in [5, 5.41) is 0. The van der Waals surface area contributed by atoms with Gasteiger partial charge < -0.3 is 5.73 Å². The predicted octanol–water partition coefficient (Wildman–Crippen LogP) is 2.76. The van der Waals surface area contributed by atoms with Crippen molar-refractivity contribution in [2.75, 3.05) is 6.54 Å². The minimum atomic E-state index is -0.120. The lowest BCUT2D eigenvalue weighted by Crippen LogP contribution is -2.30. The third-order valence-corrected chi connectivity index (χ3v) is 3.82. The van der Waals surface area contributed by atoms with Crippen LogP contribution in [0.1, 0.15) is 63.4 Å². The summed E-state index contributed by atoms with van der Waals surface area (Å²) in [4.78, 5) is 9.13. The van der Waals surface area contributed by atoms with Crippen LogP contribution in [0.25, 0.3) is 0 Å². The van der Waals surface area contributed by atoms with Crippen LogP contribution in [-0.2, 0) is 5.41 Å². The van der Waals surface area contributed by atoms with Crippen LogP contribution in [-0.4, -0.2) is 16.5 Å². The Bertz CT molecular complexity index is 367. The molecule has 0 aliphatic heterocycles. The highest BCUT2D eigenvalue weighted by Gasteiger charge is 2.24. The first-order valence-corrected chi connectivity index (χ1v) is 6.67. The summed E-state index contributed by atoms with van der Waals surface area (Å²) in [5.74, 6) is 1.53. The van der Waals surface area contributed by atoms with Gasteiger partial charge in [-0.1, -0.05) is 33.1 Å². The maximum Gasteiger partial charge on any atom is 0.135 e. The maximum atomic E-state index is 5.79. The summed E-state index contributed by atoms with van der Waals surface area (Å²) in [6, 6.07) is 2.08. The van der Waals surface area contributed by atoms with Crippen molar-refractivity contribution in [3.05, 3.63) is 23.8 Å². The molecule has 0 radical (unpaired) electrons. The van der Waals surface area contributed by atoms with Crippen molar-refractivity contribution >= 4 is 0 Å². The Morgan fingerprint density at radius 3 is 2.65 bits per heavy atom. The number of nitrogens with two attached hydrogens (primary N) is 1. The molecule has 2 rings (SSSR count). The largest absolute Gasteiger partial charge is 0.329 e. The minimum Gasteiger partial charge on any atom is -0.329 e. The Morgan fingerprint density at radius 1 is 1.29 bits per heavy atom. The van der Waals surface area contributed by atoms with Crippen molar-refractivity contribution in [3.63, 3.8) is 0 Å². The van der Waals surface area contributed by atoms with E-state index in [1.807, 2.05) is 6.20 Å².